The van der Waals surface area contributed by atoms with Crippen molar-refractivity contribution in [2.75, 3.05) is 11.9 Å². The van der Waals surface area contributed by atoms with Gasteiger partial charge in [0.2, 0.25) is 5.91 Å². The summed E-state index contributed by atoms with van der Waals surface area (Å²) in [4.78, 5) is 15.4. The van der Waals surface area contributed by atoms with Gasteiger partial charge in [0, 0.05) is 23.4 Å². The molecule has 1 aromatic carbocycles. The lowest BCUT2D eigenvalue weighted by molar-refractivity contribution is -0.115. The lowest BCUT2D eigenvalue weighted by Crippen LogP contribution is -2.16. The number of para-hydroxylation sites is 1. The van der Waals surface area contributed by atoms with Crippen LogP contribution in [0.1, 0.15) is 0 Å². The van der Waals surface area contributed by atoms with Crippen molar-refractivity contribution in [2.24, 2.45) is 0 Å². The summed E-state index contributed by atoms with van der Waals surface area (Å²) in [7, 11) is 0. The number of benzene rings is 1. The van der Waals surface area contributed by atoms with Crippen LogP contribution in [0.25, 0.3) is 10.9 Å². The molecule has 0 aliphatic carbocycles. The van der Waals surface area contributed by atoms with E-state index in [0.717, 1.165) is 22.3 Å². The molecular formula is C13H11N3O. The van der Waals surface area contributed by atoms with Crippen LogP contribution in [0.3, 0.4) is 0 Å². The van der Waals surface area contributed by atoms with Crippen LogP contribution < -0.4 is 10.6 Å². The monoisotopic (exact) mass is 225 g/mol. The summed E-state index contributed by atoms with van der Waals surface area (Å²) >= 11 is 0. The Balaban J connectivity index is 2.00. The number of carbonyl (C=O) groups excluding carboxylic acids is 1. The maximum atomic E-state index is 11.1. The zero-order valence-electron chi connectivity index (χ0n) is 9.10. The van der Waals surface area contributed by atoms with Crippen LogP contribution in [-0.2, 0) is 4.79 Å². The molecule has 1 aliphatic rings. The summed E-state index contributed by atoms with van der Waals surface area (Å²) in [6, 6.07) is 9.86. The van der Waals surface area contributed by atoms with Gasteiger partial charge in [-0.25, -0.2) is 0 Å². The fourth-order valence-electron chi connectivity index (χ4n) is 1.90. The molecule has 4 heteroatoms. The van der Waals surface area contributed by atoms with Crippen LogP contribution in [0, 0.1) is 0 Å². The van der Waals surface area contributed by atoms with E-state index in [4.69, 9.17) is 0 Å². The van der Waals surface area contributed by atoms with Gasteiger partial charge in [-0.15, -0.1) is 0 Å². The quantitative estimate of drug-likeness (QED) is 0.817. The Morgan fingerprint density at radius 1 is 1.24 bits per heavy atom. The van der Waals surface area contributed by atoms with E-state index in [9.17, 15) is 4.79 Å². The van der Waals surface area contributed by atoms with Crippen LogP contribution in [0.2, 0.25) is 0 Å². The highest BCUT2D eigenvalue weighted by Crippen LogP contribution is 2.22. The van der Waals surface area contributed by atoms with Crippen molar-refractivity contribution < 1.29 is 4.79 Å². The highest BCUT2D eigenvalue weighted by molar-refractivity contribution is 5.94. The molecule has 0 bridgehead atoms. The van der Waals surface area contributed by atoms with E-state index in [-0.39, 0.29) is 5.91 Å². The van der Waals surface area contributed by atoms with E-state index in [1.165, 1.54) is 0 Å². The van der Waals surface area contributed by atoms with Crippen LogP contribution >= 0.6 is 0 Å². The molecule has 2 N–H and O–H groups in total. The smallest absolute Gasteiger partial charge is 0.246 e. The normalized spacial score (nSPS) is 14.6. The van der Waals surface area contributed by atoms with Crippen molar-refractivity contribution in [3.05, 3.63) is 48.3 Å². The van der Waals surface area contributed by atoms with Gasteiger partial charge in [0.25, 0.3) is 0 Å². The number of amides is 1. The summed E-state index contributed by atoms with van der Waals surface area (Å²) in [6.45, 7) is 0.544. The summed E-state index contributed by atoms with van der Waals surface area (Å²) in [5.74, 6) is -0.0549. The topological polar surface area (TPSA) is 54.0 Å². The molecule has 1 aromatic heterocycles. The molecule has 0 atom stereocenters. The average Bonchev–Trinajstić information content (AvgIpc) is 2.75. The average molecular weight is 225 g/mol. The lowest BCUT2D eigenvalue weighted by Gasteiger charge is -2.08. The predicted molar refractivity (Wildman–Crippen MR) is 66.5 cm³/mol. The summed E-state index contributed by atoms with van der Waals surface area (Å²) in [6.07, 6.45) is 3.34. The largest absolute Gasteiger partial charge is 0.355 e. The van der Waals surface area contributed by atoms with Gasteiger partial charge < -0.3 is 10.6 Å². The van der Waals surface area contributed by atoms with E-state index in [0.29, 0.717) is 6.54 Å². The number of anilines is 1. The molecule has 0 saturated carbocycles. The van der Waals surface area contributed by atoms with Crippen molar-refractivity contribution in [3.8, 4) is 0 Å². The molecule has 3 rings (SSSR count). The van der Waals surface area contributed by atoms with Crippen LogP contribution in [0.5, 0.6) is 0 Å². The number of pyridine rings is 1. The maximum absolute atomic E-state index is 11.1. The molecule has 0 unspecified atom stereocenters. The van der Waals surface area contributed by atoms with Crippen molar-refractivity contribution in [1.29, 1.82) is 0 Å². The van der Waals surface area contributed by atoms with Crippen LogP contribution in [0.15, 0.2) is 48.3 Å². The summed E-state index contributed by atoms with van der Waals surface area (Å²) < 4.78 is 0. The zero-order chi connectivity index (χ0) is 11.7. The first-order chi connectivity index (χ1) is 8.33. The van der Waals surface area contributed by atoms with E-state index in [2.05, 4.69) is 15.6 Å². The number of carbonyl (C=O) groups is 1. The second kappa shape index (κ2) is 3.90. The number of aromatic nitrogens is 1. The van der Waals surface area contributed by atoms with Crippen LogP contribution in [-0.4, -0.2) is 17.4 Å². The Labute approximate surface area is 98.4 Å². The number of fused-ring (bicyclic) bond motifs is 1. The summed E-state index contributed by atoms with van der Waals surface area (Å²) in [5.41, 5.74) is 2.70. The highest BCUT2D eigenvalue weighted by atomic mass is 16.1. The second-order valence-corrected chi connectivity index (χ2v) is 3.89. The molecule has 0 saturated heterocycles. The number of hydrogen-bond donors (Lipinski definition) is 2. The minimum atomic E-state index is -0.0549. The van der Waals surface area contributed by atoms with Crippen molar-refractivity contribution >= 4 is 22.5 Å². The van der Waals surface area contributed by atoms with Gasteiger partial charge in [-0.3, -0.25) is 9.78 Å². The van der Waals surface area contributed by atoms with E-state index in [1.54, 1.807) is 12.3 Å². The molecule has 0 radical (unpaired) electrons. The Hall–Kier alpha value is -2.36. The Bertz CT molecular complexity index is 614. The highest BCUT2D eigenvalue weighted by Gasteiger charge is 2.11. The molecule has 0 spiro atoms. The van der Waals surface area contributed by atoms with E-state index >= 15 is 0 Å². The molecule has 2 heterocycles. The van der Waals surface area contributed by atoms with Gasteiger partial charge in [0.05, 0.1) is 17.7 Å². The fraction of sp³-hybridized carbons (Fsp3) is 0.0769. The Kier molecular flexibility index (Phi) is 2.26. The third-order valence-corrected chi connectivity index (χ3v) is 2.69. The van der Waals surface area contributed by atoms with Gasteiger partial charge in [0.15, 0.2) is 0 Å². The van der Waals surface area contributed by atoms with Crippen LogP contribution in [0.4, 0.5) is 5.69 Å². The first-order valence-corrected chi connectivity index (χ1v) is 5.42. The minimum absolute atomic E-state index is 0.0549. The molecular weight excluding hydrogens is 214 g/mol. The first-order valence-electron chi connectivity index (χ1n) is 5.42. The van der Waals surface area contributed by atoms with Gasteiger partial charge in [-0.1, -0.05) is 18.2 Å². The fourth-order valence-corrected chi connectivity index (χ4v) is 1.90. The van der Waals surface area contributed by atoms with Gasteiger partial charge in [-0.05, 0) is 12.1 Å². The van der Waals surface area contributed by atoms with Crippen molar-refractivity contribution in [3.63, 3.8) is 0 Å². The number of rotatable bonds is 2. The maximum Gasteiger partial charge on any atom is 0.246 e. The molecule has 17 heavy (non-hydrogen) atoms. The SMILES string of the molecule is O=C1C=C(Nc2cccc3cccnc23)CN1. The standard InChI is InChI=1S/C13H11N3O/c17-12-7-10(8-15-12)16-11-5-1-3-9-4-2-6-14-13(9)11/h1-7,16H,8H2,(H,15,17). The molecule has 2 aromatic rings. The summed E-state index contributed by atoms with van der Waals surface area (Å²) in [5, 5.41) is 7.03. The molecule has 4 nitrogen and oxygen atoms in total. The van der Waals surface area contributed by atoms with Gasteiger partial charge in [0.1, 0.15) is 0 Å². The van der Waals surface area contributed by atoms with Gasteiger partial charge >= 0.3 is 0 Å². The Morgan fingerprint density at radius 3 is 2.94 bits per heavy atom. The predicted octanol–water partition coefficient (Wildman–Crippen LogP) is 1.66. The third-order valence-electron chi connectivity index (χ3n) is 2.69. The molecule has 84 valence electrons. The zero-order valence-corrected chi connectivity index (χ0v) is 9.10. The Morgan fingerprint density at radius 2 is 2.12 bits per heavy atom. The second-order valence-electron chi connectivity index (χ2n) is 3.89. The molecule has 1 amide bonds. The lowest BCUT2D eigenvalue weighted by atomic mass is 10.2. The van der Waals surface area contributed by atoms with E-state index < -0.39 is 0 Å². The minimum Gasteiger partial charge on any atom is -0.355 e. The molecule has 0 fully saturated rings. The first kappa shape index (κ1) is 9.84. The van der Waals surface area contributed by atoms with Crippen molar-refractivity contribution in [1.82, 2.24) is 10.3 Å². The van der Waals surface area contributed by atoms with E-state index in [1.807, 2.05) is 30.3 Å². The number of nitrogens with zero attached hydrogens (tertiary/aromatic N) is 1. The number of hydrogen-bond acceptors (Lipinski definition) is 3. The third kappa shape index (κ3) is 1.85. The molecule has 1 aliphatic heterocycles. The van der Waals surface area contributed by atoms with Crippen molar-refractivity contribution in [2.45, 2.75) is 0 Å². The van der Waals surface area contributed by atoms with Gasteiger partial charge in [-0.2, -0.15) is 0 Å². The number of nitrogens with one attached hydrogen (secondary N) is 2.